The summed E-state index contributed by atoms with van der Waals surface area (Å²) in [5.41, 5.74) is 1.38. The monoisotopic (exact) mass is 362 g/mol. The van der Waals surface area contributed by atoms with Gasteiger partial charge in [0.25, 0.3) is 0 Å². The van der Waals surface area contributed by atoms with E-state index >= 15 is 0 Å². The highest BCUT2D eigenvalue weighted by Gasteiger charge is 2.28. The zero-order valence-electron chi connectivity index (χ0n) is 15.4. The molecule has 0 N–H and O–H groups in total. The minimum absolute atomic E-state index is 0.0658. The van der Waals surface area contributed by atoms with Crippen molar-refractivity contribution in [2.24, 2.45) is 0 Å². The molecule has 1 atom stereocenters. The molecule has 26 heavy (non-hydrogen) atoms. The van der Waals surface area contributed by atoms with Crippen LogP contribution >= 0.6 is 0 Å². The molecule has 2 aromatic heterocycles. The lowest BCUT2D eigenvalue weighted by Crippen LogP contribution is -2.43. The van der Waals surface area contributed by atoms with Crippen LogP contribution in [0.4, 0.5) is 0 Å². The number of nitrogens with zero attached hydrogens (tertiary/aromatic N) is 4. The van der Waals surface area contributed by atoms with Crippen LogP contribution in [-0.4, -0.2) is 65.4 Å². The molecular formula is C18H26N4O4. The number of amides is 1. The Balaban J connectivity index is 1.91. The second kappa shape index (κ2) is 8.46. The predicted octanol–water partition coefficient (Wildman–Crippen LogP) is 1.04. The van der Waals surface area contributed by atoms with Gasteiger partial charge in [0.1, 0.15) is 0 Å². The molecule has 0 bridgehead atoms. The van der Waals surface area contributed by atoms with Gasteiger partial charge in [0.2, 0.25) is 5.91 Å². The number of aromatic nitrogens is 3. The fraction of sp³-hybridized carbons (Fsp3) is 0.611. The number of pyridine rings is 1. The van der Waals surface area contributed by atoms with Gasteiger partial charge in [0, 0.05) is 33.5 Å². The van der Waals surface area contributed by atoms with Crippen LogP contribution in [0.3, 0.4) is 0 Å². The number of imidazole rings is 1. The van der Waals surface area contributed by atoms with Gasteiger partial charge >= 0.3 is 5.69 Å². The maximum Gasteiger partial charge on any atom is 0.330 e. The third kappa shape index (κ3) is 3.66. The van der Waals surface area contributed by atoms with Gasteiger partial charge < -0.3 is 14.4 Å². The average Bonchev–Trinajstić information content (AvgIpc) is 2.95. The first-order valence-electron chi connectivity index (χ1n) is 8.98. The fourth-order valence-corrected chi connectivity index (χ4v) is 3.58. The van der Waals surface area contributed by atoms with E-state index < -0.39 is 0 Å². The standard InChI is InChI=1S/C18H26N4O4/c1-25-11-7-16(23)20-9-4-5-14(13-20)22-17-15(6-3-8-19-17)21(18(22)24)10-12-26-2/h3,6,8,14H,4-5,7,9-13H2,1-2H3/t14-/m0/s1. The van der Waals surface area contributed by atoms with E-state index in [4.69, 9.17) is 9.47 Å². The first-order chi connectivity index (χ1) is 12.7. The van der Waals surface area contributed by atoms with Crippen LogP contribution in [0.25, 0.3) is 11.2 Å². The summed E-state index contributed by atoms with van der Waals surface area (Å²) in [4.78, 5) is 31.7. The Bertz CT molecular complexity index is 813. The summed E-state index contributed by atoms with van der Waals surface area (Å²) in [5, 5.41) is 0. The third-order valence-electron chi connectivity index (χ3n) is 4.88. The van der Waals surface area contributed by atoms with Crippen LogP contribution in [-0.2, 0) is 20.8 Å². The molecule has 8 heteroatoms. The molecule has 0 radical (unpaired) electrons. The molecule has 8 nitrogen and oxygen atoms in total. The highest BCUT2D eigenvalue weighted by molar-refractivity contribution is 5.76. The van der Waals surface area contributed by atoms with Crippen molar-refractivity contribution in [3.63, 3.8) is 0 Å². The largest absolute Gasteiger partial charge is 0.384 e. The zero-order chi connectivity index (χ0) is 18.5. The van der Waals surface area contributed by atoms with Crippen LogP contribution in [0, 0.1) is 0 Å². The molecule has 2 aromatic rings. The molecule has 0 spiro atoms. The Labute approximate surface area is 152 Å². The first-order valence-corrected chi connectivity index (χ1v) is 8.98. The van der Waals surface area contributed by atoms with E-state index in [0.29, 0.717) is 38.4 Å². The van der Waals surface area contributed by atoms with Crippen LogP contribution < -0.4 is 5.69 Å². The maximum atomic E-state index is 13.0. The molecule has 1 fully saturated rings. The minimum Gasteiger partial charge on any atom is -0.384 e. The Kier molecular flexibility index (Phi) is 6.05. The number of methoxy groups -OCH3 is 2. The number of hydrogen-bond acceptors (Lipinski definition) is 5. The van der Waals surface area contributed by atoms with Crippen molar-refractivity contribution in [2.45, 2.75) is 31.8 Å². The van der Waals surface area contributed by atoms with Crippen molar-refractivity contribution in [3.05, 3.63) is 28.8 Å². The molecule has 1 amide bonds. The number of piperidine rings is 1. The van der Waals surface area contributed by atoms with E-state index in [0.717, 1.165) is 24.9 Å². The van der Waals surface area contributed by atoms with Crippen molar-refractivity contribution in [1.82, 2.24) is 19.0 Å². The van der Waals surface area contributed by atoms with Gasteiger partial charge in [-0.2, -0.15) is 0 Å². The normalized spacial score (nSPS) is 17.8. The Morgan fingerprint density at radius 3 is 2.88 bits per heavy atom. The first kappa shape index (κ1) is 18.6. The number of likely N-dealkylation sites (tertiary alicyclic amines) is 1. The summed E-state index contributed by atoms with van der Waals surface area (Å²) in [6.07, 6.45) is 3.79. The molecule has 142 valence electrons. The van der Waals surface area contributed by atoms with E-state index in [1.54, 1.807) is 29.6 Å². The van der Waals surface area contributed by atoms with Gasteiger partial charge in [-0.1, -0.05) is 0 Å². The van der Waals surface area contributed by atoms with E-state index in [2.05, 4.69) is 4.98 Å². The molecule has 1 aliphatic rings. The lowest BCUT2D eigenvalue weighted by molar-refractivity contribution is -0.133. The zero-order valence-corrected chi connectivity index (χ0v) is 15.4. The number of rotatable bonds is 7. The van der Waals surface area contributed by atoms with E-state index in [9.17, 15) is 9.59 Å². The molecule has 3 heterocycles. The Morgan fingerprint density at radius 2 is 2.12 bits per heavy atom. The summed E-state index contributed by atoms with van der Waals surface area (Å²) in [6, 6.07) is 3.67. The summed E-state index contributed by atoms with van der Waals surface area (Å²) >= 11 is 0. The molecule has 0 unspecified atom stereocenters. The molecule has 1 aliphatic heterocycles. The molecular weight excluding hydrogens is 336 g/mol. The van der Waals surface area contributed by atoms with Crippen LogP contribution in [0.15, 0.2) is 23.1 Å². The molecule has 1 saturated heterocycles. The Hall–Kier alpha value is -2.19. The highest BCUT2D eigenvalue weighted by atomic mass is 16.5. The van der Waals surface area contributed by atoms with Gasteiger partial charge in [0.05, 0.1) is 37.7 Å². The van der Waals surface area contributed by atoms with Crippen molar-refractivity contribution in [3.8, 4) is 0 Å². The van der Waals surface area contributed by atoms with Crippen molar-refractivity contribution in [2.75, 3.05) is 40.5 Å². The molecule has 0 aromatic carbocycles. The lowest BCUT2D eigenvalue weighted by atomic mass is 10.1. The summed E-state index contributed by atoms with van der Waals surface area (Å²) in [5.74, 6) is 0.0701. The van der Waals surface area contributed by atoms with Crippen molar-refractivity contribution >= 4 is 17.1 Å². The second-order valence-corrected chi connectivity index (χ2v) is 6.52. The smallest absolute Gasteiger partial charge is 0.330 e. The SMILES string of the molecule is COCCC(=O)N1CCC[C@H](n2c(=O)n(CCOC)c3cccnc32)C1. The van der Waals surface area contributed by atoms with Crippen LogP contribution in [0.2, 0.25) is 0 Å². The third-order valence-corrected chi connectivity index (χ3v) is 4.88. The van der Waals surface area contributed by atoms with Crippen LogP contribution in [0.1, 0.15) is 25.3 Å². The van der Waals surface area contributed by atoms with Crippen LogP contribution in [0.5, 0.6) is 0 Å². The van der Waals surface area contributed by atoms with Gasteiger partial charge in [-0.3, -0.25) is 13.9 Å². The predicted molar refractivity (Wildman–Crippen MR) is 97.2 cm³/mol. The van der Waals surface area contributed by atoms with E-state index in [1.165, 1.54) is 0 Å². The molecule has 3 rings (SSSR count). The van der Waals surface area contributed by atoms with E-state index in [1.807, 2.05) is 17.0 Å². The van der Waals surface area contributed by atoms with E-state index in [-0.39, 0.29) is 17.6 Å². The quantitative estimate of drug-likeness (QED) is 0.735. The molecule has 0 saturated carbocycles. The highest BCUT2D eigenvalue weighted by Crippen LogP contribution is 2.24. The summed E-state index contributed by atoms with van der Waals surface area (Å²) in [6.45, 7) is 2.61. The average molecular weight is 362 g/mol. The number of fused-ring (bicyclic) bond motifs is 1. The van der Waals surface area contributed by atoms with Crippen molar-refractivity contribution in [1.29, 1.82) is 0 Å². The number of carbonyl (C=O) groups is 1. The molecule has 0 aliphatic carbocycles. The van der Waals surface area contributed by atoms with Gasteiger partial charge in [0.15, 0.2) is 5.65 Å². The minimum atomic E-state index is -0.0908. The fourth-order valence-electron chi connectivity index (χ4n) is 3.58. The van der Waals surface area contributed by atoms with Gasteiger partial charge in [-0.15, -0.1) is 0 Å². The number of carbonyl (C=O) groups excluding carboxylic acids is 1. The topological polar surface area (TPSA) is 78.6 Å². The lowest BCUT2D eigenvalue weighted by Gasteiger charge is -2.33. The number of hydrogen-bond donors (Lipinski definition) is 0. The maximum absolute atomic E-state index is 13.0. The summed E-state index contributed by atoms with van der Waals surface area (Å²) in [7, 11) is 3.21. The second-order valence-electron chi connectivity index (χ2n) is 6.52. The Morgan fingerprint density at radius 1 is 1.31 bits per heavy atom. The van der Waals surface area contributed by atoms with Gasteiger partial charge in [-0.25, -0.2) is 9.78 Å². The summed E-state index contributed by atoms with van der Waals surface area (Å²) < 4.78 is 13.6. The van der Waals surface area contributed by atoms with Crippen molar-refractivity contribution < 1.29 is 14.3 Å². The number of ether oxygens (including phenoxy) is 2. The van der Waals surface area contributed by atoms with Gasteiger partial charge in [-0.05, 0) is 25.0 Å².